The zero-order chi connectivity index (χ0) is 11.1. The number of aromatic amines is 1. The lowest BCUT2D eigenvalue weighted by Gasteiger charge is -2.17. The Bertz CT molecular complexity index is 485. The van der Waals surface area contributed by atoms with Crippen LogP contribution >= 0.6 is 15.9 Å². The fraction of sp³-hybridized carbons (Fsp3) is 0.364. The number of alkyl halides is 1. The highest BCUT2D eigenvalue weighted by atomic mass is 79.9. The number of fused-ring (bicyclic) bond motifs is 1. The largest absolute Gasteiger partial charge is 0.386 e. The first-order chi connectivity index (χ1) is 7.02. The van der Waals surface area contributed by atoms with Crippen molar-refractivity contribution in [1.82, 2.24) is 9.97 Å². The van der Waals surface area contributed by atoms with Gasteiger partial charge in [-0.15, -0.1) is 0 Å². The van der Waals surface area contributed by atoms with Crippen LogP contribution in [0.4, 0.5) is 0 Å². The molecule has 0 spiro atoms. The van der Waals surface area contributed by atoms with Gasteiger partial charge in [0.1, 0.15) is 5.65 Å². The van der Waals surface area contributed by atoms with Crippen LogP contribution in [0.5, 0.6) is 0 Å². The van der Waals surface area contributed by atoms with Crippen LogP contribution in [0.3, 0.4) is 0 Å². The van der Waals surface area contributed by atoms with Crippen molar-refractivity contribution in [1.29, 1.82) is 0 Å². The zero-order valence-electron chi connectivity index (χ0n) is 8.71. The number of H-pyrrole nitrogens is 1. The summed E-state index contributed by atoms with van der Waals surface area (Å²) < 4.78 is 0. The number of rotatable bonds is 2. The molecular formula is C11H13BrN2O. The number of aromatic nitrogens is 2. The van der Waals surface area contributed by atoms with E-state index in [4.69, 9.17) is 0 Å². The molecule has 4 heteroatoms. The highest BCUT2D eigenvalue weighted by molar-refractivity contribution is 9.08. The van der Waals surface area contributed by atoms with Gasteiger partial charge in [0, 0.05) is 28.7 Å². The molecule has 2 N–H and O–H groups in total. The summed E-state index contributed by atoms with van der Waals surface area (Å²) in [6, 6.07) is 1.98. The number of aliphatic hydroxyl groups is 1. The maximum atomic E-state index is 9.89. The van der Waals surface area contributed by atoms with Crippen molar-refractivity contribution in [3.8, 4) is 0 Å². The second kappa shape index (κ2) is 3.61. The molecule has 3 nitrogen and oxygen atoms in total. The van der Waals surface area contributed by atoms with Crippen molar-refractivity contribution < 1.29 is 5.11 Å². The Labute approximate surface area is 96.7 Å². The van der Waals surface area contributed by atoms with Crippen LogP contribution < -0.4 is 0 Å². The molecule has 15 heavy (non-hydrogen) atoms. The Morgan fingerprint density at radius 3 is 2.87 bits per heavy atom. The minimum Gasteiger partial charge on any atom is -0.386 e. The lowest BCUT2D eigenvalue weighted by Crippen LogP contribution is -2.15. The predicted octanol–water partition coefficient (Wildman–Crippen LogP) is 2.69. The molecule has 0 unspecified atom stereocenters. The second-order valence-electron chi connectivity index (χ2n) is 4.13. The summed E-state index contributed by atoms with van der Waals surface area (Å²) in [5, 5.41) is 11.7. The van der Waals surface area contributed by atoms with Crippen molar-refractivity contribution in [3.05, 3.63) is 29.6 Å². The van der Waals surface area contributed by atoms with Gasteiger partial charge in [-0.05, 0) is 25.5 Å². The van der Waals surface area contributed by atoms with Crippen LogP contribution in [0.1, 0.15) is 25.0 Å². The number of nitrogens with zero attached hydrogens (tertiary/aromatic N) is 1. The average Bonchev–Trinajstić information content (AvgIpc) is 2.57. The predicted molar refractivity (Wildman–Crippen MR) is 64.0 cm³/mol. The number of hydrogen-bond donors (Lipinski definition) is 2. The summed E-state index contributed by atoms with van der Waals surface area (Å²) >= 11 is 3.42. The highest BCUT2D eigenvalue weighted by Gasteiger charge is 2.17. The van der Waals surface area contributed by atoms with E-state index in [-0.39, 0.29) is 0 Å². The summed E-state index contributed by atoms with van der Waals surface area (Å²) in [6.07, 6.45) is 3.64. The van der Waals surface area contributed by atoms with Gasteiger partial charge in [-0.1, -0.05) is 15.9 Å². The van der Waals surface area contributed by atoms with E-state index in [1.807, 2.05) is 12.3 Å². The lowest BCUT2D eigenvalue weighted by molar-refractivity contribution is 0.0784. The molecule has 0 atom stereocenters. The number of hydrogen-bond acceptors (Lipinski definition) is 2. The van der Waals surface area contributed by atoms with E-state index in [1.54, 1.807) is 20.0 Å². The standard InChI is InChI=1S/C11H13BrN2O/c1-11(2,15)8-3-9-7(4-12)5-13-10(9)14-6-8/h3,5-6,15H,4H2,1-2H3,(H,13,14). The van der Waals surface area contributed by atoms with Crippen molar-refractivity contribution in [2.75, 3.05) is 0 Å². The van der Waals surface area contributed by atoms with Crippen molar-refractivity contribution >= 4 is 27.0 Å². The number of nitrogens with one attached hydrogen (secondary N) is 1. The maximum Gasteiger partial charge on any atom is 0.137 e. The first-order valence-corrected chi connectivity index (χ1v) is 5.89. The Hall–Kier alpha value is -0.870. The lowest BCUT2D eigenvalue weighted by atomic mass is 9.99. The molecule has 0 saturated heterocycles. The third kappa shape index (κ3) is 1.92. The smallest absolute Gasteiger partial charge is 0.137 e. The number of halogens is 1. The van der Waals surface area contributed by atoms with Gasteiger partial charge < -0.3 is 10.1 Å². The Kier molecular flexibility index (Phi) is 2.56. The van der Waals surface area contributed by atoms with Gasteiger partial charge in [0.25, 0.3) is 0 Å². The summed E-state index contributed by atoms with van der Waals surface area (Å²) in [5.41, 5.74) is 2.00. The normalized spacial score (nSPS) is 12.3. The van der Waals surface area contributed by atoms with Crippen LogP contribution in [0.2, 0.25) is 0 Å². The van der Waals surface area contributed by atoms with E-state index >= 15 is 0 Å². The van der Waals surface area contributed by atoms with Gasteiger partial charge in [-0.3, -0.25) is 0 Å². The summed E-state index contributed by atoms with van der Waals surface area (Å²) in [6.45, 7) is 3.52. The van der Waals surface area contributed by atoms with Crippen LogP contribution in [0, 0.1) is 0 Å². The monoisotopic (exact) mass is 268 g/mol. The third-order valence-electron chi connectivity index (χ3n) is 2.47. The first kappa shape index (κ1) is 10.6. The van der Waals surface area contributed by atoms with Gasteiger partial charge >= 0.3 is 0 Å². The Morgan fingerprint density at radius 2 is 2.27 bits per heavy atom. The molecule has 2 heterocycles. The van der Waals surface area contributed by atoms with E-state index in [1.165, 1.54) is 0 Å². The topological polar surface area (TPSA) is 48.9 Å². The molecule has 0 saturated carbocycles. The molecule has 2 aromatic heterocycles. The van der Waals surface area contributed by atoms with Gasteiger partial charge in [-0.25, -0.2) is 4.98 Å². The van der Waals surface area contributed by atoms with Crippen molar-refractivity contribution in [2.45, 2.75) is 24.8 Å². The molecule has 0 fully saturated rings. The van der Waals surface area contributed by atoms with E-state index in [0.29, 0.717) is 0 Å². The molecule has 0 aliphatic carbocycles. The minimum absolute atomic E-state index is 0.782. The van der Waals surface area contributed by atoms with Gasteiger partial charge in [-0.2, -0.15) is 0 Å². The molecule has 0 aliphatic rings. The molecule has 0 amide bonds. The van der Waals surface area contributed by atoms with E-state index in [2.05, 4.69) is 25.9 Å². The fourth-order valence-electron chi connectivity index (χ4n) is 1.50. The molecular weight excluding hydrogens is 256 g/mol. The van der Waals surface area contributed by atoms with Crippen LogP contribution in [-0.2, 0) is 10.9 Å². The SMILES string of the molecule is CC(C)(O)c1cnc2[nH]cc(CBr)c2c1. The van der Waals surface area contributed by atoms with Crippen LogP contribution in [-0.4, -0.2) is 15.1 Å². The van der Waals surface area contributed by atoms with Crippen molar-refractivity contribution in [3.63, 3.8) is 0 Å². The summed E-state index contributed by atoms with van der Waals surface area (Å²) in [4.78, 5) is 7.37. The third-order valence-corrected chi connectivity index (χ3v) is 3.07. The van der Waals surface area contributed by atoms with Gasteiger partial charge in [0.15, 0.2) is 0 Å². The molecule has 0 aliphatic heterocycles. The van der Waals surface area contributed by atoms with Crippen LogP contribution in [0.15, 0.2) is 18.5 Å². The molecule has 0 aromatic carbocycles. The maximum absolute atomic E-state index is 9.89. The Morgan fingerprint density at radius 1 is 1.53 bits per heavy atom. The molecule has 80 valence electrons. The number of pyridine rings is 1. The highest BCUT2D eigenvalue weighted by Crippen LogP contribution is 2.25. The fourth-order valence-corrected chi connectivity index (χ4v) is 1.97. The molecule has 2 rings (SSSR count). The molecule has 0 radical (unpaired) electrons. The van der Waals surface area contributed by atoms with E-state index < -0.39 is 5.60 Å². The zero-order valence-corrected chi connectivity index (χ0v) is 10.3. The summed E-state index contributed by atoms with van der Waals surface area (Å²) in [5.74, 6) is 0. The second-order valence-corrected chi connectivity index (χ2v) is 4.69. The first-order valence-electron chi connectivity index (χ1n) is 4.77. The van der Waals surface area contributed by atoms with E-state index in [9.17, 15) is 5.11 Å². The molecule has 0 bridgehead atoms. The van der Waals surface area contributed by atoms with Crippen molar-refractivity contribution in [2.24, 2.45) is 0 Å². The summed E-state index contributed by atoms with van der Waals surface area (Å²) in [7, 11) is 0. The van der Waals surface area contributed by atoms with Crippen LogP contribution in [0.25, 0.3) is 11.0 Å². The van der Waals surface area contributed by atoms with Gasteiger partial charge in [0.05, 0.1) is 5.60 Å². The minimum atomic E-state index is -0.845. The van der Waals surface area contributed by atoms with Gasteiger partial charge in [0.2, 0.25) is 0 Å². The van der Waals surface area contributed by atoms with E-state index in [0.717, 1.165) is 27.5 Å². The Balaban J connectivity index is 2.63. The quantitative estimate of drug-likeness (QED) is 0.823. The average molecular weight is 269 g/mol. The molecule has 2 aromatic rings.